The smallest absolute Gasteiger partial charge is 0.203 e. The molecule has 96 valence electrons. The summed E-state index contributed by atoms with van der Waals surface area (Å²) in [5, 5.41) is 3.33. The predicted octanol–water partition coefficient (Wildman–Crippen LogP) is 2.85. The summed E-state index contributed by atoms with van der Waals surface area (Å²) in [5.74, 6) is 1.52. The van der Waals surface area contributed by atoms with Gasteiger partial charge in [-0.05, 0) is 25.0 Å². The molecule has 0 fully saturated rings. The highest BCUT2D eigenvalue weighted by Gasteiger charge is 2.04. The third kappa shape index (κ3) is 3.32. The highest BCUT2D eigenvalue weighted by atomic mass is 15.2. The van der Waals surface area contributed by atoms with E-state index in [1.54, 1.807) is 0 Å². The fourth-order valence-electron chi connectivity index (χ4n) is 1.88. The SMILES string of the molecule is Cc1cccc(CNc2nccn2CC(C)C)n1. The van der Waals surface area contributed by atoms with Gasteiger partial charge in [-0.25, -0.2) is 4.98 Å². The maximum Gasteiger partial charge on any atom is 0.203 e. The molecular formula is C14H20N4. The Kier molecular flexibility index (Phi) is 3.97. The molecule has 0 spiro atoms. The van der Waals surface area contributed by atoms with Gasteiger partial charge in [0, 0.05) is 24.6 Å². The Labute approximate surface area is 108 Å². The van der Waals surface area contributed by atoms with Crippen LogP contribution in [0.15, 0.2) is 30.6 Å². The molecule has 0 aliphatic rings. The number of aryl methyl sites for hydroxylation is 1. The summed E-state index contributed by atoms with van der Waals surface area (Å²) in [4.78, 5) is 8.79. The molecule has 0 saturated heterocycles. The van der Waals surface area contributed by atoms with Crippen LogP contribution in [0.5, 0.6) is 0 Å². The van der Waals surface area contributed by atoms with Crippen LogP contribution in [0.4, 0.5) is 5.95 Å². The van der Waals surface area contributed by atoms with E-state index in [0.717, 1.165) is 23.9 Å². The van der Waals surface area contributed by atoms with E-state index in [1.165, 1.54) is 0 Å². The van der Waals surface area contributed by atoms with Gasteiger partial charge in [-0.15, -0.1) is 0 Å². The molecule has 2 aromatic rings. The summed E-state index contributed by atoms with van der Waals surface area (Å²) in [7, 11) is 0. The van der Waals surface area contributed by atoms with Crippen LogP contribution in [0.2, 0.25) is 0 Å². The van der Waals surface area contributed by atoms with Gasteiger partial charge in [0.05, 0.1) is 12.2 Å². The predicted molar refractivity (Wildman–Crippen MR) is 73.4 cm³/mol. The van der Waals surface area contributed by atoms with Gasteiger partial charge in [0.15, 0.2) is 0 Å². The summed E-state index contributed by atoms with van der Waals surface area (Å²) >= 11 is 0. The van der Waals surface area contributed by atoms with Crippen LogP contribution in [0.1, 0.15) is 25.2 Å². The minimum atomic E-state index is 0.608. The second kappa shape index (κ2) is 5.67. The fraction of sp³-hybridized carbons (Fsp3) is 0.429. The monoisotopic (exact) mass is 244 g/mol. The number of rotatable bonds is 5. The summed E-state index contributed by atoms with van der Waals surface area (Å²) in [6, 6.07) is 6.05. The third-order valence-electron chi connectivity index (χ3n) is 2.65. The molecular weight excluding hydrogens is 224 g/mol. The lowest BCUT2D eigenvalue weighted by molar-refractivity contribution is 0.526. The Bertz CT molecular complexity index is 502. The standard InChI is InChI=1S/C14H20N4/c1-11(2)10-18-8-7-15-14(18)16-9-13-6-4-5-12(3)17-13/h4-8,11H,9-10H2,1-3H3,(H,15,16). The van der Waals surface area contributed by atoms with Gasteiger partial charge in [0.2, 0.25) is 5.95 Å². The lowest BCUT2D eigenvalue weighted by Crippen LogP contribution is -2.11. The summed E-state index contributed by atoms with van der Waals surface area (Å²) in [6.45, 7) is 8.08. The van der Waals surface area contributed by atoms with Crippen LogP contribution in [-0.2, 0) is 13.1 Å². The number of aromatic nitrogens is 3. The quantitative estimate of drug-likeness (QED) is 0.879. The Morgan fingerprint density at radius 1 is 1.33 bits per heavy atom. The lowest BCUT2D eigenvalue weighted by atomic mass is 10.2. The number of hydrogen-bond acceptors (Lipinski definition) is 3. The van der Waals surface area contributed by atoms with Crippen molar-refractivity contribution >= 4 is 5.95 Å². The van der Waals surface area contributed by atoms with E-state index in [9.17, 15) is 0 Å². The first-order valence-corrected chi connectivity index (χ1v) is 6.32. The zero-order valence-corrected chi connectivity index (χ0v) is 11.2. The van der Waals surface area contributed by atoms with E-state index in [1.807, 2.05) is 37.5 Å². The van der Waals surface area contributed by atoms with Crippen molar-refractivity contribution in [1.29, 1.82) is 0 Å². The molecule has 4 nitrogen and oxygen atoms in total. The van der Waals surface area contributed by atoms with Gasteiger partial charge < -0.3 is 9.88 Å². The van der Waals surface area contributed by atoms with Crippen LogP contribution in [-0.4, -0.2) is 14.5 Å². The molecule has 0 aliphatic carbocycles. The molecule has 2 aromatic heterocycles. The molecule has 4 heteroatoms. The maximum atomic E-state index is 4.46. The molecule has 18 heavy (non-hydrogen) atoms. The topological polar surface area (TPSA) is 42.7 Å². The summed E-state index contributed by atoms with van der Waals surface area (Å²) in [6.07, 6.45) is 3.83. The number of pyridine rings is 1. The van der Waals surface area contributed by atoms with Crippen molar-refractivity contribution in [3.05, 3.63) is 42.0 Å². The fourth-order valence-corrected chi connectivity index (χ4v) is 1.88. The average Bonchev–Trinajstić information content (AvgIpc) is 2.73. The molecule has 0 saturated carbocycles. The molecule has 0 atom stereocenters. The highest BCUT2D eigenvalue weighted by molar-refractivity contribution is 5.27. The van der Waals surface area contributed by atoms with Crippen LogP contribution in [0, 0.1) is 12.8 Å². The van der Waals surface area contributed by atoms with Crippen molar-refractivity contribution in [3.63, 3.8) is 0 Å². The van der Waals surface area contributed by atoms with Crippen LogP contribution < -0.4 is 5.32 Å². The van der Waals surface area contributed by atoms with Gasteiger partial charge in [-0.2, -0.15) is 0 Å². The minimum absolute atomic E-state index is 0.608. The van der Waals surface area contributed by atoms with Crippen molar-refractivity contribution in [2.45, 2.75) is 33.9 Å². The Balaban J connectivity index is 2.00. The molecule has 2 rings (SSSR count). The summed E-state index contributed by atoms with van der Waals surface area (Å²) < 4.78 is 2.14. The summed E-state index contributed by atoms with van der Waals surface area (Å²) in [5.41, 5.74) is 2.08. The molecule has 0 aromatic carbocycles. The second-order valence-electron chi connectivity index (χ2n) is 4.92. The van der Waals surface area contributed by atoms with Crippen molar-refractivity contribution in [3.8, 4) is 0 Å². The Morgan fingerprint density at radius 2 is 2.17 bits per heavy atom. The second-order valence-corrected chi connectivity index (χ2v) is 4.92. The van der Waals surface area contributed by atoms with Crippen molar-refractivity contribution < 1.29 is 0 Å². The van der Waals surface area contributed by atoms with Gasteiger partial charge in [-0.3, -0.25) is 4.98 Å². The van der Waals surface area contributed by atoms with E-state index in [0.29, 0.717) is 12.5 Å². The van der Waals surface area contributed by atoms with Crippen molar-refractivity contribution in [1.82, 2.24) is 14.5 Å². The highest BCUT2D eigenvalue weighted by Crippen LogP contribution is 2.09. The first-order valence-electron chi connectivity index (χ1n) is 6.32. The van der Waals surface area contributed by atoms with E-state index < -0.39 is 0 Å². The molecule has 0 radical (unpaired) electrons. The zero-order valence-electron chi connectivity index (χ0n) is 11.2. The molecule has 0 unspecified atom stereocenters. The molecule has 0 aliphatic heterocycles. The largest absolute Gasteiger partial charge is 0.350 e. The molecule has 0 amide bonds. The average molecular weight is 244 g/mol. The third-order valence-corrected chi connectivity index (χ3v) is 2.65. The van der Waals surface area contributed by atoms with Crippen LogP contribution in [0.3, 0.4) is 0 Å². The lowest BCUT2D eigenvalue weighted by Gasteiger charge is -2.11. The number of imidazole rings is 1. The normalized spacial score (nSPS) is 10.9. The van der Waals surface area contributed by atoms with Crippen LogP contribution >= 0.6 is 0 Å². The van der Waals surface area contributed by atoms with Gasteiger partial charge in [0.1, 0.15) is 0 Å². The van der Waals surface area contributed by atoms with E-state index >= 15 is 0 Å². The van der Waals surface area contributed by atoms with E-state index in [2.05, 4.69) is 33.7 Å². The first kappa shape index (κ1) is 12.6. The molecule has 0 bridgehead atoms. The zero-order chi connectivity index (χ0) is 13.0. The van der Waals surface area contributed by atoms with Crippen molar-refractivity contribution in [2.24, 2.45) is 5.92 Å². The number of nitrogens with one attached hydrogen (secondary N) is 1. The molecule has 1 N–H and O–H groups in total. The van der Waals surface area contributed by atoms with Gasteiger partial charge in [-0.1, -0.05) is 19.9 Å². The number of hydrogen-bond donors (Lipinski definition) is 1. The maximum absolute atomic E-state index is 4.46. The van der Waals surface area contributed by atoms with Crippen LogP contribution in [0.25, 0.3) is 0 Å². The van der Waals surface area contributed by atoms with Gasteiger partial charge >= 0.3 is 0 Å². The first-order chi connectivity index (χ1) is 8.65. The Morgan fingerprint density at radius 3 is 2.89 bits per heavy atom. The minimum Gasteiger partial charge on any atom is -0.350 e. The molecule has 2 heterocycles. The number of nitrogens with zero attached hydrogens (tertiary/aromatic N) is 3. The Hall–Kier alpha value is -1.84. The number of anilines is 1. The van der Waals surface area contributed by atoms with E-state index in [-0.39, 0.29) is 0 Å². The van der Waals surface area contributed by atoms with Crippen molar-refractivity contribution in [2.75, 3.05) is 5.32 Å². The van der Waals surface area contributed by atoms with E-state index in [4.69, 9.17) is 0 Å². The van der Waals surface area contributed by atoms with Gasteiger partial charge in [0.25, 0.3) is 0 Å².